The van der Waals surface area contributed by atoms with Gasteiger partial charge in [0.25, 0.3) is 5.91 Å². The van der Waals surface area contributed by atoms with Crippen LogP contribution in [0.2, 0.25) is 0 Å². The van der Waals surface area contributed by atoms with Crippen molar-refractivity contribution in [2.45, 2.75) is 25.8 Å². The molecule has 4 aromatic rings. The second kappa shape index (κ2) is 7.08. The summed E-state index contributed by atoms with van der Waals surface area (Å²) in [5.41, 5.74) is 6.29. The van der Waals surface area contributed by atoms with Gasteiger partial charge < -0.3 is 5.32 Å². The third-order valence-corrected chi connectivity index (χ3v) is 5.32. The Balaban J connectivity index is 1.59. The number of imidazole rings is 1. The van der Waals surface area contributed by atoms with Crippen LogP contribution in [0.1, 0.15) is 34.3 Å². The van der Waals surface area contributed by atoms with E-state index in [1.165, 1.54) is 6.33 Å². The third kappa shape index (κ3) is 3.18. The molecule has 0 saturated heterocycles. The monoisotopic (exact) mass is 395 g/mol. The Bertz CT molecular complexity index is 1310. The number of hydrogen-bond acceptors (Lipinski definition) is 4. The van der Waals surface area contributed by atoms with Gasteiger partial charge in [0.1, 0.15) is 11.4 Å². The topological polar surface area (TPSA) is 98.3 Å². The summed E-state index contributed by atoms with van der Waals surface area (Å²) in [5, 5.41) is 12.1. The summed E-state index contributed by atoms with van der Waals surface area (Å²) < 4.78 is 1.94. The number of hydrogen-bond donors (Lipinski definition) is 2. The summed E-state index contributed by atoms with van der Waals surface area (Å²) in [6.45, 7) is 2.01. The highest BCUT2D eigenvalue weighted by Crippen LogP contribution is 2.24. The van der Waals surface area contributed by atoms with Crippen molar-refractivity contribution >= 4 is 17.1 Å². The third-order valence-electron chi connectivity index (χ3n) is 5.32. The van der Waals surface area contributed by atoms with Gasteiger partial charge in [-0.2, -0.15) is 9.83 Å². The van der Waals surface area contributed by atoms with Gasteiger partial charge in [-0.15, -0.1) is 0 Å². The summed E-state index contributed by atoms with van der Waals surface area (Å²) in [7, 11) is 0. The van der Waals surface area contributed by atoms with Crippen LogP contribution in [0, 0.1) is 18.3 Å². The number of fused-ring (bicyclic) bond motifs is 1. The minimum absolute atomic E-state index is 0.0490. The Morgan fingerprint density at radius 1 is 1.20 bits per heavy atom. The molecule has 0 spiro atoms. The SMILES string of the molecule is Cc1ccc(C(=O)NC2CC2)cc1-[n+]1c[nH]c2c(-c3ccc(C#N)cc3)ncnc21. The Kier molecular flexibility index (Phi) is 4.25. The number of H-pyrrole nitrogens is 1. The number of carbonyl (C=O) groups excluding carboxylic acids is 1. The molecule has 2 N–H and O–H groups in total. The van der Waals surface area contributed by atoms with Crippen LogP contribution in [0.25, 0.3) is 28.1 Å². The molecule has 30 heavy (non-hydrogen) atoms. The lowest BCUT2D eigenvalue weighted by atomic mass is 10.1. The van der Waals surface area contributed by atoms with Crippen LogP contribution in [0.4, 0.5) is 0 Å². The lowest BCUT2D eigenvalue weighted by Crippen LogP contribution is -2.32. The second-order valence-corrected chi connectivity index (χ2v) is 7.50. The highest BCUT2D eigenvalue weighted by Gasteiger charge is 2.25. The number of aromatic amines is 1. The maximum Gasteiger partial charge on any atom is 0.310 e. The zero-order chi connectivity index (χ0) is 20.7. The van der Waals surface area contributed by atoms with Crippen LogP contribution in [0.3, 0.4) is 0 Å². The molecule has 0 unspecified atom stereocenters. The molecule has 7 nitrogen and oxygen atoms in total. The molecule has 1 aliphatic carbocycles. The molecular formula is C23H19N6O+. The zero-order valence-electron chi connectivity index (χ0n) is 16.4. The van der Waals surface area contributed by atoms with Gasteiger partial charge in [-0.05, 0) is 49.6 Å². The van der Waals surface area contributed by atoms with Crippen molar-refractivity contribution in [2.24, 2.45) is 0 Å². The first kappa shape index (κ1) is 18.0. The lowest BCUT2D eigenvalue weighted by Gasteiger charge is -2.07. The number of rotatable bonds is 4. The smallest absolute Gasteiger partial charge is 0.310 e. The fourth-order valence-electron chi connectivity index (χ4n) is 3.49. The molecule has 0 bridgehead atoms. The highest BCUT2D eigenvalue weighted by molar-refractivity contribution is 5.95. The summed E-state index contributed by atoms with van der Waals surface area (Å²) in [6, 6.07) is 15.4. The second-order valence-electron chi connectivity index (χ2n) is 7.50. The Hall–Kier alpha value is -4.05. The molecule has 1 saturated carbocycles. The molecular weight excluding hydrogens is 376 g/mol. The van der Waals surface area contributed by atoms with E-state index in [1.54, 1.807) is 12.1 Å². The van der Waals surface area contributed by atoms with E-state index in [0.29, 0.717) is 22.8 Å². The van der Waals surface area contributed by atoms with Crippen LogP contribution in [0.5, 0.6) is 0 Å². The zero-order valence-corrected chi connectivity index (χ0v) is 16.4. The maximum atomic E-state index is 12.5. The van der Waals surface area contributed by atoms with Gasteiger partial charge in [0.05, 0.1) is 11.6 Å². The van der Waals surface area contributed by atoms with Crippen molar-refractivity contribution in [3.63, 3.8) is 0 Å². The predicted molar refractivity (Wildman–Crippen MR) is 111 cm³/mol. The quantitative estimate of drug-likeness (QED) is 0.519. The number of benzene rings is 2. The van der Waals surface area contributed by atoms with Gasteiger partial charge in [0.15, 0.2) is 12.7 Å². The first-order valence-electron chi connectivity index (χ1n) is 9.80. The first-order chi connectivity index (χ1) is 14.6. The van der Waals surface area contributed by atoms with Crippen LogP contribution in [0.15, 0.2) is 55.1 Å². The highest BCUT2D eigenvalue weighted by atomic mass is 16.1. The minimum Gasteiger partial charge on any atom is -0.349 e. The largest absolute Gasteiger partial charge is 0.349 e. The Morgan fingerprint density at radius 2 is 2.00 bits per heavy atom. The van der Waals surface area contributed by atoms with Crippen LogP contribution in [-0.4, -0.2) is 26.9 Å². The fraction of sp³-hybridized carbons (Fsp3) is 0.174. The standard InChI is InChI=1S/C23H18N6O/c1-14-2-5-17(23(30)28-18-8-9-18)10-19(14)29-13-27-21-20(25-12-26-22(21)29)16-6-3-15(11-24)4-7-16/h2-7,10,12-13,18H,8-9H2,1H3,(H,28,30)/p+1. The van der Waals surface area contributed by atoms with E-state index in [-0.39, 0.29) is 5.91 Å². The average Bonchev–Trinajstić information content (AvgIpc) is 3.49. The number of nitrogens with one attached hydrogen (secondary N) is 2. The molecule has 1 amide bonds. The minimum atomic E-state index is -0.0490. The molecule has 2 heterocycles. The van der Waals surface area contributed by atoms with Crippen LogP contribution >= 0.6 is 0 Å². The van der Waals surface area contributed by atoms with Gasteiger partial charge in [0.2, 0.25) is 5.52 Å². The predicted octanol–water partition coefficient (Wildman–Crippen LogP) is 2.97. The number of nitriles is 1. The molecule has 0 aliphatic heterocycles. The average molecular weight is 395 g/mol. The number of aromatic nitrogens is 4. The first-order valence-corrected chi connectivity index (χ1v) is 9.80. The molecule has 2 aromatic heterocycles. The Morgan fingerprint density at radius 3 is 2.73 bits per heavy atom. The van der Waals surface area contributed by atoms with E-state index in [2.05, 4.69) is 26.3 Å². The molecule has 1 aliphatic rings. The van der Waals surface area contributed by atoms with E-state index in [0.717, 1.165) is 40.9 Å². The number of aryl methyl sites for hydroxylation is 1. The van der Waals surface area contributed by atoms with Crippen molar-refractivity contribution in [3.05, 3.63) is 71.8 Å². The summed E-state index contributed by atoms with van der Waals surface area (Å²) in [5.74, 6) is -0.0490. The lowest BCUT2D eigenvalue weighted by molar-refractivity contribution is -0.569. The van der Waals surface area contributed by atoms with E-state index in [4.69, 9.17) is 5.26 Å². The summed E-state index contributed by atoms with van der Waals surface area (Å²) >= 11 is 0. The van der Waals surface area contributed by atoms with Crippen LogP contribution < -0.4 is 9.88 Å². The van der Waals surface area contributed by atoms with E-state index < -0.39 is 0 Å². The summed E-state index contributed by atoms with van der Waals surface area (Å²) in [6.07, 6.45) is 5.46. The van der Waals surface area contributed by atoms with E-state index >= 15 is 0 Å². The molecule has 2 aromatic carbocycles. The van der Waals surface area contributed by atoms with Crippen LogP contribution in [-0.2, 0) is 0 Å². The number of carbonyl (C=O) groups is 1. The number of nitrogens with zero attached hydrogens (tertiary/aromatic N) is 4. The maximum absolute atomic E-state index is 12.5. The van der Waals surface area contributed by atoms with Gasteiger partial charge in [0, 0.05) is 17.2 Å². The van der Waals surface area contributed by atoms with Crippen molar-refractivity contribution < 1.29 is 9.36 Å². The Labute approximate surface area is 173 Å². The van der Waals surface area contributed by atoms with Gasteiger partial charge in [-0.25, -0.2) is 4.98 Å². The van der Waals surface area contributed by atoms with Gasteiger partial charge in [-0.3, -0.25) is 9.78 Å². The van der Waals surface area contributed by atoms with E-state index in [9.17, 15) is 4.79 Å². The molecule has 146 valence electrons. The van der Waals surface area contributed by atoms with Crippen molar-refractivity contribution in [1.82, 2.24) is 20.3 Å². The van der Waals surface area contributed by atoms with Crippen molar-refractivity contribution in [3.8, 4) is 23.0 Å². The van der Waals surface area contributed by atoms with Gasteiger partial charge >= 0.3 is 5.65 Å². The molecule has 0 atom stereocenters. The van der Waals surface area contributed by atoms with Crippen molar-refractivity contribution in [2.75, 3.05) is 0 Å². The molecule has 0 radical (unpaired) electrons. The normalized spacial score (nSPS) is 13.2. The van der Waals surface area contributed by atoms with Gasteiger partial charge in [-0.1, -0.05) is 23.2 Å². The summed E-state index contributed by atoms with van der Waals surface area (Å²) in [4.78, 5) is 24.7. The fourth-order valence-corrected chi connectivity index (χ4v) is 3.49. The number of amides is 1. The van der Waals surface area contributed by atoms with E-state index in [1.807, 2.05) is 48.1 Å². The molecule has 5 rings (SSSR count). The van der Waals surface area contributed by atoms with Crippen molar-refractivity contribution in [1.29, 1.82) is 5.26 Å². The molecule has 1 fully saturated rings. The molecule has 7 heteroatoms.